The highest BCUT2D eigenvalue weighted by molar-refractivity contribution is 6.00. The number of hydrogen-bond donors (Lipinski definition) is 1. The molecule has 6 nitrogen and oxygen atoms in total. The molecule has 30 heavy (non-hydrogen) atoms. The Labute approximate surface area is 178 Å². The van der Waals surface area contributed by atoms with E-state index >= 15 is 0 Å². The molecule has 2 amide bonds. The molecule has 1 aliphatic heterocycles. The van der Waals surface area contributed by atoms with Gasteiger partial charge in [-0.3, -0.25) is 9.59 Å². The van der Waals surface area contributed by atoms with Crippen LogP contribution in [0.5, 0.6) is 0 Å². The van der Waals surface area contributed by atoms with Gasteiger partial charge in [0.05, 0.1) is 18.5 Å². The quantitative estimate of drug-likeness (QED) is 0.782. The van der Waals surface area contributed by atoms with Gasteiger partial charge < -0.3 is 19.2 Å². The summed E-state index contributed by atoms with van der Waals surface area (Å²) in [4.78, 5) is 28.8. The minimum Gasteiger partial charge on any atom is -0.463 e. The number of aromatic nitrogens is 1. The van der Waals surface area contributed by atoms with E-state index in [9.17, 15) is 9.59 Å². The van der Waals surface area contributed by atoms with Gasteiger partial charge >= 0.3 is 0 Å². The molecule has 162 valence electrons. The molecule has 4 rings (SSSR count). The first-order valence-corrected chi connectivity index (χ1v) is 11.4. The Hall–Kier alpha value is -2.50. The van der Waals surface area contributed by atoms with Crippen LogP contribution in [0.2, 0.25) is 0 Å². The second kappa shape index (κ2) is 8.70. The van der Waals surface area contributed by atoms with Crippen LogP contribution >= 0.6 is 0 Å². The minimum atomic E-state index is -0.928. The summed E-state index contributed by atoms with van der Waals surface area (Å²) in [5, 5.41) is 3.31. The largest absolute Gasteiger partial charge is 0.463 e. The number of furan rings is 1. The van der Waals surface area contributed by atoms with Crippen LogP contribution in [0.1, 0.15) is 75.7 Å². The van der Waals surface area contributed by atoms with Crippen molar-refractivity contribution in [3.8, 4) is 11.5 Å². The Morgan fingerprint density at radius 2 is 1.83 bits per heavy atom. The SMILES string of the molecule is CCCN1C(=O)c2ccc(-c3ccco3)n2C[C@]1(C)C(=O)NC1CCCCCCC1. The van der Waals surface area contributed by atoms with E-state index in [0.29, 0.717) is 24.5 Å². The Morgan fingerprint density at radius 3 is 2.50 bits per heavy atom. The van der Waals surface area contributed by atoms with E-state index < -0.39 is 5.54 Å². The maximum absolute atomic E-state index is 13.6. The number of carbonyl (C=O) groups is 2. The van der Waals surface area contributed by atoms with Crippen LogP contribution < -0.4 is 5.32 Å². The van der Waals surface area contributed by atoms with Gasteiger partial charge in [-0.15, -0.1) is 0 Å². The molecule has 0 saturated heterocycles. The molecule has 1 N–H and O–H groups in total. The third kappa shape index (κ3) is 3.80. The molecule has 1 fully saturated rings. The molecule has 2 aromatic heterocycles. The van der Waals surface area contributed by atoms with Crippen molar-refractivity contribution in [1.29, 1.82) is 0 Å². The first kappa shape index (κ1) is 20.8. The lowest BCUT2D eigenvalue weighted by atomic mass is 9.92. The van der Waals surface area contributed by atoms with E-state index in [4.69, 9.17) is 4.42 Å². The first-order valence-electron chi connectivity index (χ1n) is 11.4. The van der Waals surface area contributed by atoms with E-state index in [0.717, 1.165) is 37.8 Å². The molecule has 2 aliphatic rings. The molecule has 6 heteroatoms. The summed E-state index contributed by atoms with van der Waals surface area (Å²) in [6.07, 6.45) is 10.6. The maximum Gasteiger partial charge on any atom is 0.271 e. The second-order valence-electron chi connectivity index (χ2n) is 8.91. The molecule has 1 atom stereocenters. The van der Waals surface area contributed by atoms with E-state index in [1.807, 2.05) is 42.7 Å². The number of nitrogens with one attached hydrogen (secondary N) is 1. The molecule has 2 aromatic rings. The van der Waals surface area contributed by atoms with Gasteiger partial charge in [0.2, 0.25) is 5.91 Å². The third-order valence-corrected chi connectivity index (χ3v) is 6.66. The molecular weight excluding hydrogens is 378 g/mol. The van der Waals surface area contributed by atoms with E-state index in [-0.39, 0.29) is 17.9 Å². The highest BCUT2D eigenvalue weighted by Gasteiger charge is 2.47. The van der Waals surface area contributed by atoms with Crippen LogP contribution in [-0.4, -0.2) is 39.4 Å². The van der Waals surface area contributed by atoms with Crippen LogP contribution in [0.4, 0.5) is 0 Å². The molecule has 0 spiro atoms. The molecule has 0 radical (unpaired) electrons. The molecule has 3 heterocycles. The van der Waals surface area contributed by atoms with Gasteiger partial charge in [0.15, 0.2) is 0 Å². The van der Waals surface area contributed by atoms with Gasteiger partial charge in [-0.25, -0.2) is 0 Å². The van der Waals surface area contributed by atoms with Crippen molar-refractivity contribution in [2.24, 2.45) is 0 Å². The predicted molar refractivity (Wildman–Crippen MR) is 116 cm³/mol. The topological polar surface area (TPSA) is 67.5 Å². The summed E-state index contributed by atoms with van der Waals surface area (Å²) in [5.41, 5.74) is 0.526. The second-order valence-corrected chi connectivity index (χ2v) is 8.91. The standard InChI is InChI=1S/C24H33N3O3/c1-3-15-27-22(28)20-14-13-19(21-12-9-16-30-21)26(20)17-24(27,2)23(29)25-18-10-7-5-4-6-8-11-18/h9,12-14,16,18H,3-8,10-11,15,17H2,1-2H3,(H,25,29)/t24-/m1/s1. The van der Waals surface area contributed by atoms with Crippen molar-refractivity contribution in [1.82, 2.24) is 14.8 Å². The van der Waals surface area contributed by atoms with Crippen molar-refractivity contribution in [3.63, 3.8) is 0 Å². The lowest BCUT2D eigenvalue weighted by Crippen LogP contribution is -2.65. The summed E-state index contributed by atoms with van der Waals surface area (Å²) in [6.45, 7) is 4.94. The van der Waals surface area contributed by atoms with Crippen molar-refractivity contribution < 1.29 is 14.0 Å². The summed E-state index contributed by atoms with van der Waals surface area (Å²) >= 11 is 0. The van der Waals surface area contributed by atoms with Crippen LogP contribution in [0.3, 0.4) is 0 Å². The average Bonchev–Trinajstić information content (AvgIpc) is 3.36. The summed E-state index contributed by atoms with van der Waals surface area (Å²) in [7, 11) is 0. The number of rotatable bonds is 5. The van der Waals surface area contributed by atoms with Crippen LogP contribution in [0.25, 0.3) is 11.5 Å². The van der Waals surface area contributed by atoms with Crippen molar-refractivity contribution in [2.75, 3.05) is 6.54 Å². The van der Waals surface area contributed by atoms with Gasteiger partial charge in [-0.2, -0.15) is 0 Å². The van der Waals surface area contributed by atoms with Gasteiger partial charge in [0, 0.05) is 12.6 Å². The molecule has 1 aliphatic carbocycles. The van der Waals surface area contributed by atoms with E-state index in [2.05, 4.69) is 5.32 Å². The van der Waals surface area contributed by atoms with Crippen molar-refractivity contribution in [3.05, 3.63) is 36.2 Å². The van der Waals surface area contributed by atoms with E-state index in [1.54, 1.807) is 11.2 Å². The van der Waals surface area contributed by atoms with Crippen molar-refractivity contribution in [2.45, 2.75) is 83.3 Å². The fourth-order valence-electron chi connectivity index (χ4n) is 4.93. The summed E-state index contributed by atoms with van der Waals surface area (Å²) in [6, 6.07) is 7.68. The van der Waals surface area contributed by atoms with Crippen LogP contribution in [0, 0.1) is 0 Å². The Kier molecular flexibility index (Phi) is 6.02. The Balaban J connectivity index is 1.64. The van der Waals surface area contributed by atoms with Gasteiger partial charge in [-0.05, 0) is 50.5 Å². The maximum atomic E-state index is 13.6. The Bertz CT molecular complexity index is 878. The normalized spacial score (nSPS) is 23.0. The zero-order chi connectivity index (χ0) is 21.1. The smallest absolute Gasteiger partial charge is 0.271 e. The van der Waals surface area contributed by atoms with Gasteiger partial charge in [-0.1, -0.05) is 39.0 Å². The molecular formula is C24H33N3O3. The molecule has 0 bridgehead atoms. The number of nitrogens with zero attached hydrogens (tertiary/aromatic N) is 2. The van der Waals surface area contributed by atoms with Gasteiger partial charge in [0.25, 0.3) is 5.91 Å². The van der Waals surface area contributed by atoms with E-state index in [1.165, 1.54) is 19.3 Å². The minimum absolute atomic E-state index is 0.0420. The highest BCUT2D eigenvalue weighted by atomic mass is 16.3. The summed E-state index contributed by atoms with van der Waals surface area (Å²) < 4.78 is 7.53. The van der Waals surface area contributed by atoms with Crippen molar-refractivity contribution >= 4 is 11.8 Å². The fraction of sp³-hybridized carbons (Fsp3) is 0.583. The first-order chi connectivity index (χ1) is 14.5. The third-order valence-electron chi connectivity index (χ3n) is 6.66. The number of fused-ring (bicyclic) bond motifs is 1. The molecule has 0 unspecified atom stereocenters. The number of amides is 2. The highest BCUT2D eigenvalue weighted by Crippen LogP contribution is 2.33. The Morgan fingerprint density at radius 1 is 1.13 bits per heavy atom. The van der Waals surface area contributed by atoms with Gasteiger partial charge in [0.1, 0.15) is 17.0 Å². The lowest BCUT2D eigenvalue weighted by Gasteiger charge is -2.45. The zero-order valence-corrected chi connectivity index (χ0v) is 18.2. The average molecular weight is 412 g/mol. The number of hydrogen-bond acceptors (Lipinski definition) is 3. The van der Waals surface area contributed by atoms with Crippen LogP contribution in [0.15, 0.2) is 34.9 Å². The fourth-order valence-corrected chi connectivity index (χ4v) is 4.93. The predicted octanol–water partition coefficient (Wildman–Crippen LogP) is 4.60. The monoisotopic (exact) mass is 411 g/mol. The molecule has 0 aromatic carbocycles. The lowest BCUT2D eigenvalue weighted by molar-refractivity contribution is -0.133. The summed E-state index contributed by atoms with van der Waals surface area (Å²) in [5.74, 6) is 0.580. The van der Waals surface area contributed by atoms with Crippen LogP contribution in [-0.2, 0) is 11.3 Å². The zero-order valence-electron chi connectivity index (χ0n) is 18.2. The number of carbonyl (C=O) groups excluding carboxylic acids is 2. The molecule has 1 saturated carbocycles.